The molecule has 0 N–H and O–H groups in total. The number of aromatic nitrogens is 1. The van der Waals surface area contributed by atoms with E-state index in [1.54, 1.807) is 0 Å². The minimum Gasteiger partial charge on any atom is -0.354 e. The Labute approximate surface area is 124 Å². The van der Waals surface area contributed by atoms with Gasteiger partial charge in [-0.1, -0.05) is 30.3 Å². The predicted molar refractivity (Wildman–Crippen MR) is 88.3 cm³/mol. The van der Waals surface area contributed by atoms with Crippen molar-refractivity contribution in [2.24, 2.45) is 0 Å². The molecule has 0 spiro atoms. The summed E-state index contributed by atoms with van der Waals surface area (Å²) < 4.78 is 0. The van der Waals surface area contributed by atoms with Crippen molar-refractivity contribution in [1.29, 1.82) is 0 Å². The Balaban J connectivity index is 1.92. The number of hydrogen-bond acceptors (Lipinski definition) is 3. The van der Waals surface area contributed by atoms with Gasteiger partial charge < -0.3 is 9.80 Å². The second kappa shape index (κ2) is 4.48. The van der Waals surface area contributed by atoms with Crippen LogP contribution < -0.4 is 9.80 Å². The fourth-order valence-corrected chi connectivity index (χ4v) is 3.14. The van der Waals surface area contributed by atoms with Crippen LogP contribution in [0.5, 0.6) is 0 Å². The summed E-state index contributed by atoms with van der Waals surface area (Å²) >= 11 is 0. The molecule has 2 aromatic carbocycles. The number of nitrogens with zero attached hydrogens (tertiary/aromatic N) is 3. The van der Waals surface area contributed by atoms with Crippen molar-refractivity contribution in [1.82, 2.24) is 4.98 Å². The molecule has 0 saturated carbocycles. The van der Waals surface area contributed by atoms with Crippen molar-refractivity contribution in [3.05, 3.63) is 60.4 Å². The SMILES string of the molecule is Cc1cc(N2CN(C)c3c2ccc2ccccc32)ccn1. The molecule has 0 atom stereocenters. The molecule has 2 heterocycles. The van der Waals surface area contributed by atoms with Gasteiger partial charge in [0, 0.05) is 30.0 Å². The summed E-state index contributed by atoms with van der Waals surface area (Å²) in [5.41, 5.74) is 4.82. The third kappa shape index (κ3) is 1.85. The lowest BCUT2D eigenvalue weighted by molar-refractivity contribution is 0.948. The van der Waals surface area contributed by atoms with Crippen LogP contribution in [0.4, 0.5) is 17.1 Å². The largest absolute Gasteiger partial charge is 0.354 e. The summed E-state index contributed by atoms with van der Waals surface area (Å²) in [4.78, 5) is 8.95. The van der Waals surface area contributed by atoms with Gasteiger partial charge in [-0.15, -0.1) is 0 Å². The Morgan fingerprint density at radius 3 is 2.76 bits per heavy atom. The number of anilines is 3. The van der Waals surface area contributed by atoms with Crippen molar-refractivity contribution in [3.63, 3.8) is 0 Å². The maximum absolute atomic E-state index is 4.30. The van der Waals surface area contributed by atoms with Gasteiger partial charge in [0.1, 0.15) is 0 Å². The normalized spacial score (nSPS) is 13.8. The van der Waals surface area contributed by atoms with Crippen LogP contribution in [0, 0.1) is 6.92 Å². The molecule has 1 aliphatic rings. The Kier molecular flexibility index (Phi) is 2.61. The Morgan fingerprint density at radius 2 is 1.90 bits per heavy atom. The first kappa shape index (κ1) is 12.2. The Hall–Kier alpha value is -2.55. The first-order valence-corrected chi connectivity index (χ1v) is 7.17. The van der Waals surface area contributed by atoms with Crippen molar-refractivity contribution in [2.45, 2.75) is 6.92 Å². The molecule has 0 unspecified atom stereocenters. The number of hydrogen-bond donors (Lipinski definition) is 0. The van der Waals surface area contributed by atoms with E-state index >= 15 is 0 Å². The number of benzene rings is 2. The molecule has 3 aromatic rings. The molecule has 3 nitrogen and oxygen atoms in total. The molecule has 21 heavy (non-hydrogen) atoms. The molecule has 3 heteroatoms. The molecule has 104 valence electrons. The quantitative estimate of drug-likeness (QED) is 0.667. The highest BCUT2D eigenvalue weighted by molar-refractivity contribution is 6.03. The van der Waals surface area contributed by atoms with E-state index in [4.69, 9.17) is 0 Å². The van der Waals surface area contributed by atoms with Crippen LogP contribution in [0.25, 0.3) is 10.8 Å². The van der Waals surface area contributed by atoms with E-state index in [0.29, 0.717) is 0 Å². The van der Waals surface area contributed by atoms with Gasteiger partial charge in [0.2, 0.25) is 0 Å². The summed E-state index contributed by atoms with van der Waals surface area (Å²) in [6.07, 6.45) is 1.88. The van der Waals surface area contributed by atoms with E-state index in [1.165, 1.54) is 27.8 Å². The van der Waals surface area contributed by atoms with Crippen molar-refractivity contribution in [3.8, 4) is 0 Å². The number of pyridine rings is 1. The van der Waals surface area contributed by atoms with Gasteiger partial charge in [0.05, 0.1) is 18.0 Å². The van der Waals surface area contributed by atoms with Crippen LogP contribution in [-0.2, 0) is 0 Å². The standard InChI is InChI=1S/C18H17N3/c1-13-11-15(9-10-19-13)21-12-20(2)18-16-6-4-3-5-14(16)7-8-17(18)21/h3-11H,12H2,1-2H3. The van der Waals surface area contributed by atoms with Crippen molar-refractivity contribution < 1.29 is 0 Å². The average molecular weight is 275 g/mol. The molecule has 1 aliphatic heterocycles. The first-order valence-electron chi connectivity index (χ1n) is 7.17. The Bertz CT molecular complexity index is 826. The molecule has 0 aliphatic carbocycles. The maximum Gasteiger partial charge on any atom is 0.0950 e. The monoisotopic (exact) mass is 275 g/mol. The van der Waals surface area contributed by atoms with Crippen LogP contribution in [-0.4, -0.2) is 18.7 Å². The fraction of sp³-hybridized carbons (Fsp3) is 0.167. The zero-order valence-electron chi connectivity index (χ0n) is 12.2. The van der Waals surface area contributed by atoms with Gasteiger partial charge in [0.25, 0.3) is 0 Å². The summed E-state index contributed by atoms with van der Waals surface area (Å²) in [6.45, 7) is 2.90. The second-order valence-electron chi connectivity index (χ2n) is 5.58. The lowest BCUT2D eigenvalue weighted by Gasteiger charge is -2.19. The minimum atomic E-state index is 0.868. The molecule has 1 aromatic heterocycles. The topological polar surface area (TPSA) is 19.4 Å². The fourth-order valence-electron chi connectivity index (χ4n) is 3.14. The molecule has 0 fully saturated rings. The zero-order chi connectivity index (χ0) is 14.4. The van der Waals surface area contributed by atoms with Gasteiger partial charge in [-0.05, 0) is 30.5 Å². The average Bonchev–Trinajstić information content (AvgIpc) is 2.85. The van der Waals surface area contributed by atoms with Gasteiger partial charge in [-0.25, -0.2) is 0 Å². The third-order valence-electron chi connectivity index (χ3n) is 4.10. The number of rotatable bonds is 1. The highest BCUT2D eigenvalue weighted by Crippen LogP contribution is 2.44. The van der Waals surface area contributed by atoms with Crippen LogP contribution in [0.1, 0.15) is 5.69 Å². The molecule has 0 radical (unpaired) electrons. The minimum absolute atomic E-state index is 0.868. The van der Waals surface area contributed by atoms with Crippen LogP contribution in [0.15, 0.2) is 54.7 Å². The van der Waals surface area contributed by atoms with Gasteiger partial charge in [0.15, 0.2) is 0 Å². The molecule has 0 bridgehead atoms. The van der Waals surface area contributed by atoms with E-state index in [9.17, 15) is 0 Å². The van der Waals surface area contributed by atoms with E-state index in [2.05, 4.69) is 70.4 Å². The Morgan fingerprint density at radius 1 is 1.05 bits per heavy atom. The lowest BCUT2D eigenvalue weighted by atomic mass is 10.1. The number of aryl methyl sites for hydroxylation is 1. The van der Waals surface area contributed by atoms with Crippen LogP contribution in [0.2, 0.25) is 0 Å². The summed E-state index contributed by atoms with van der Waals surface area (Å²) in [5, 5.41) is 2.60. The third-order valence-corrected chi connectivity index (χ3v) is 4.10. The molecule has 0 amide bonds. The second-order valence-corrected chi connectivity index (χ2v) is 5.58. The van der Waals surface area contributed by atoms with Crippen molar-refractivity contribution in [2.75, 3.05) is 23.5 Å². The van der Waals surface area contributed by atoms with Crippen LogP contribution in [0.3, 0.4) is 0 Å². The van der Waals surface area contributed by atoms with Gasteiger partial charge in [-0.2, -0.15) is 0 Å². The first-order chi connectivity index (χ1) is 10.2. The summed E-state index contributed by atoms with van der Waals surface area (Å²) in [5.74, 6) is 0. The predicted octanol–water partition coefficient (Wildman–Crippen LogP) is 4.09. The highest BCUT2D eigenvalue weighted by atomic mass is 15.4. The van der Waals surface area contributed by atoms with E-state index in [1.807, 2.05) is 13.1 Å². The number of fused-ring (bicyclic) bond motifs is 3. The molecule has 4 rings (SSSR count). The highest BCUT2D eigenvalue weighted by Gasteiger charge is 2.26. The summed E-state index contributed by atoms with van der Waals surface area (Å²) in [6, 6.07) is 17.2. The van der Waals surface area contributed by atoms with E-state index in [-0.39, 0.29) is 0 Å². The molecular weight excluding hydrogens is 258 g/mol. The smallest absolute Gasteiger partial charge is 0.0950 e. The van der Waals surface area contributed by atoms with Gasteiger partial charge >= 0.3 is 0 Å². The maximum atomic E-state index is 4.30. The van der Waals surface area contributed by atoms with Crippen LogP contribution >= 0.6 is 0 Å². The summed E-state index contributed by atoms with van der Waals surface area (Å²) in [7, 11) is 2.15. The van der Waals surface area contributed by atoms with Crippen molar-refractivity contribution >= 4 is 27.8 Å². The lowest BCUT2D eigenvalue weighted by Crippen LogP contribution is -2.24. The van der Waals surface area contributed by atoms with Gasteiger partial charge in [-0.3, -0.25) is 4.98 Å². The van der Waals surface area contributed by atoms with E-state index < -0.39 is 0 Å². The van der Waals surface area contributed by atoms with E-state index in [0.717, 1.165) is 12.4 Å². The molecular formula is C18H17N3. The zero-order valence-corrected chi connectivity index (χ0v) is 12.2. The molecule has 0 saturated heterocycles.